The van der Waals surface area contributed by atoms with E-state index in [4.69, 9.17) is 4.74 Å². The van der Waals surface area contributed by atoms with Crippen LogP contribution in [-0.4, -0.2) is 54.2 Å². The number of urea groups is 2. The van der Waals surface area contributed by atoms with Gasteiger partial charge in [-0.15, -0.1) is 0 Å². The van der Waals surface area contributed by atoms with Gasteiger partial charge >= 0.3 is 12.1 Å². The molecular weight excluding hydrogens is 492 g/mol. The highest BCUT2D eigenvalue weighted by Gasteiger charge is 2.23. The Morgan fingerprint density at radius 3 is 2.49 bits per heavy atom. The van der Waals surface area contributed by atoms with Crippen LogP contribution < -0.4 is 26.0 Å². The van der Waals surface area contributed by atoms with Gasteiger partial charge in [-0.2, -0.15) is 0 Å². The number of anilines is 2. The van der Waals surface area contributed by atoms with Crippen LogP contribution in [-0.2, 0) is 0 Å². The average Bonchev–Trinajstić information content (AvgIpc) is 3.37. The van der Waals surface area contributed by atoms with E-state index in [1.54, 1.807) is 0 Å². The smallest absolute Gasteiger partial charge is 0.319 e. The zero-order valence-electron chi connectivity index (χ0n) is 21.8. The molecule has 9 nitrogen and oxygen atoms in total. The van der Waals surface area contributed by atoms with Gasteiger partial charge in [0, 0.05) is 49.0 Å². The van der Waals surface area contributed by atoms with E-state index in [1.807, 2.05) is 91.9 Å². The van der Waals surface area contributed by atoms with Crippen molar-refractivity contribution >= 4 is 34.3 Å². The van der Waals surface area contributed by atoms with Crippen LogP contribution in [0.4, 0.5) is 21.0 Å². The van der Waals surface area contributed by atoms with Crippen molar-refractivity contribution in [2.45, 2.75) is 19.4 Å². The summed E-state index contributed by atoms with van der Waals surface area (Å²) in [5.74, 6) is 1.46. The molecule has 5 rings (SSSR count). The molecule has 2 heterocycles. The van der Waals surface area contributed by atoms with Gasteiger partial charge in [0.1, 0.15) is 11.5 Å². The maximum Gasteiger partial charge on any atom is 0.319 e. The third-order valence-electron chi connectivity index (χ3n) is 6.50. The third kappa shape index (κ3) is 7.24. The minimum atomic E-state index is -0.251. The second kappa shape index (κ2) is 12.3. The van der Waals surface area contributed by atoms with Crippen molar-refractivity contribution < 1.29 is 14.3 Å². The van der Waals surface area contributed by atoms with Crippen LogP contribution in [0.25, 0.3) is 10.9 Å². The minimum Gasteiger partial charge on any atom is -0.457 e. The highest BCUT2D eigenvalue weighted by atomic mass is 16.5. The van der Waals surface area contributed by atoms with Gasteiger partial charge in [0.2, 0.25) is 0 Å². The lowest BCUT2D eigenvalue weighted by atomic mass is 10.1. The van der Waals surface area contributed by atoms with Crippen LogP contribution in [0.2, 0.25) is 0 Å². The number of carbonyl (C=O) groups is 2. The monoisotopic (exact) mass is 524 g/mol. The molecule has 4 aromatic rings. The number of amides is 4. The molecule has 0 aliphatic carbocycles. The van der Waals surface area contributed by atoms with Crippen molar-refractivity contribution in [1.82, 2.24) is 20.5 Å². The molecule has 9 heteroatoms. The van der Waals surface area contributed by atoms with E-state index in [9.17, 15) is 9.59 Å². The molecule has 0 spiro atoms. The molecule has 1 saturated heterocycles. The van der Waals surface area contributed by atoms with Crippen molar-refractivity contribution in [1.29, 1.82) is 0 Å². The van der Waals surface area contributed by atoms with Gasteiger partial charge < -0.3 is 26.0 Å². The second-order valence-electron chi connectivity index (χ2n) is 9.53. The molecule has 1 aromatic heterocycles. The first-order valence-electron chi connectivity index (χ1n) is 13.1. The number of ether oxygens (including phenoxy) is 1. The maximum absolute atomic E-state index is 12.5. The SMILES string of the molecule is Cc1cc(NC(=O)NCCN2CCC(NC(=O)Nc3ccc(Oc4ccccc4)cc3)C2)c2ccccc2n1. The summed E-state index contributed by atoms with van der Waals surface area (Å²) in [6.07, 6.45) is 0.853. The summed E-state index contributed by atoms with van der Waals surface area (Å²) in [4.78, 5) is 31.7. The molecule has 0 bridgehead atoms. The first-order chi connectivity index (χ1) is 19.0. The quantitative estimate of drug-likeness (QED) is 0.248. The Bertz CT molecular complexity index is 1430. The highest BCUT2D eigenvalue weighted by molar-refractivity contribution is 6.00. The number of aryl methyl sites for hydroxylation is 1. The normalized spacial score (nSPS) is 15.1. The van der Waals surface area contributed by atoms with Gasteiger partial charge in [-0.25, -0.2) is 9.59 Å². The lowest BCUT2D eigenvalue weighted by Gasteiger charge is -2.17. The van der Waals surface area contributed by atoms with E-state index in [0.717, 1.165) is 47.5 Å². The van der Waals surface area contributed by atoms with E-state index in [1.165, 1.54) is 0 Å². The Morgan fingerprint density at radius 1 is 0.923 bits per heavy atom. The van der Waals surface area contributed by atoms with Crippen LogP contribution in [0.5, 0.6) is 11.5 Å². The number of fused-ring (bicyclic) bond motifs is 1. The summed E-state index contributed by atoms with van der Waals surface area (Å²) in [7, 11) is 0. The number of hydrogen-bond donors (Lipinski definition) is 4. The molecule has 1 unspecified atom stereocenters. The summed E-state index contributed by atoms with van der Waals surface area (Å²) in [5, 5.41) is 12.7. The third-order valence-corrected chi connectivity index (χ3v) is 6.50. The molecule has 200 valence electrons. The van der Waals surface area contributed by atoms with Gasteiger partial charge in [0.15, 0.2) is 0 Å². The van der Waals surface area contributed by atoms with Gasteiger partial charge in [0.05, 0.1) is 11.2 Å². The van der Waals surface area contributed by atoms with Crippen molar-refractivity contribution in [3.8, 4) is 11.5 Å². The topological polar surface area (TPSA) is 108 Å². The Morgan fingerprint density at radius 2 is 1.67 bits per heavy atom. The number of hydrogen-bond acceptors (Lipinski definition) is 5. The van der Waals surface area contributed by atoms with Crippen molar-refractivity contribution in [2.75, 3.05) is 36.8 Å². The molecule has 4 amide bonds. The standard InChI is InChI=1S/C30H32N6O3/c1-21-19-28(26-9-5-6-10-27(26)32-21)35-29(37)31-16-18-36-17-15-23(20-36)34-30(38)33-22-11-13-25(14-12-22)39-24-7-3-2-4-8-24/h2-14,19,23H,15-18,20H2,1H3,(H2,33,34,38)(H2,31,32,35,37). The maximum atomic E-state index is 12.5. The summed E-state index contributed by atoms with van der Waals surface area (Å²) < 4.78 is 5.79. The fourth-order valence-corrected chi connectivity index (χ4v) is 4.64. The number of benzene rings is 3. The van der Waals surface area contributed by atoms with Crippen molar-refractivity contribution in [3.05, 3.63) is 90.6 Å². The number of rotatable bonds is 8. The fourth-order valence-electron chi connectivity index (χ4n) is 4.64. The summed E-state index contributed by atoms with van der Waals surface area (Å²) in [6.45, 7) is 4.70. The lowest BCUT2D eigenvalue weighted by molar-refractivity contribution is 0.246. The summed E-state index contributed by atoms with van der Waals surface area (Å²) in [5.41, 5.74) is 3.12. The van der Waals surface area contributed by atoms with Gasteiger partial charge in [-0.05, 0) is 61.9 Å². The summed E-state index contributed by atoms with van der Waals surface area (Å²) in [6, 6.07) is 26.0. The summed E-state index contributed by atoms with van der Waals surface area (Å²) >= 11 is 0. The Labute approximate surface area is 227 Å². The first kappa shape index (κ1) is 26.0. The predicted octanol–water partition coefficient (Wildman–Crippen LogP) is 5.35. The van der Waals surface area contributed by atoms with E-state index in [2.05, 4.69) is 31.2 Å². The zero-order valence-corrected chi connectivity index (χ0v) is 21.8. The van der Waals surface area contributed by atoms with Gasteiger partial charge in [-0.3, -0.25) is 9.88 Å². The van der Waals surface area contributed by atoms with E-state index < -0.39 is 0 Å². The Hall–Kier alpha value is -4.63. The van der Waals surface area contributed by atoms with Crippen LogP contribution in [0, 0.1) is 6.92 Å². The van der Waals surface area contributed by atoms with E-state index in [-0.39, 0.29) is 18.1 Å². The largest absolute Gasteiger partial charge is 0.457 e. The second-order valence-corrected chi connectivity index (χ2v) is 9.53. The number of carbonyl (C=O) groups excluding carboxylic acids is 2. The molecule has 1 aliphatic rings. The first-order valence-corrected chi connectivity index (χ1v) is 13.1. The molecule has 3 aromatic carbocycles. The number of nitrogens with one attached hydrogen (secondary N) is 4. The van der Waals surface area contributed by atoms with Crippen LogP contribution in [0.1, 0.15) is 12.1 Å². The Kier molecular flexibility index (Phi) is 8.18. The van der Waals surface area contributed by atoms with Crippen LogP contribution >= 0.6 is 0 Å². The average molecular weight is 525 g/mol. The molecule has 0 radical (unpaired) electrons. The van der Waals surface area contributed by atoms with Gasteiger partial charge in [0.25, 0.3) is 0 Å². The molecule has 4 N–H and O–H groups in total. The molecule has 1 atom stereocenters. The van der Waals surface area contributed by atoms with E-state index >= 15 is 0 Å². The highest BCUT2D eigenvalue weighted by Crippen LogP contribution is 2.24. The van der Waals surface area contributed by atoms with Crippen molar-refractivity contribution in [3.63, 3.8) is 0 Å². The number of pyridine rings is 1. The number of aromatic nitrogens is 1. The van der Waals surface area contributed by atoms with Gasteiger partial charge in [-0.1, -0.05) is 36.4 Å². The van der Waals surface area contributed by atoms with E-state index in [0.29, 0.717) is 24.5 Å². The van der Waals surface area contributed by atoms with Crippen LogP contribution in [0.3, 0.4) is 0 Å². The molecular formula is C30H32N6O3. The fraction of sp³-hybridized carbons (Fsp3) is 0.233. The Balaban J connectivity index is 1.02. The zero-order chi connectivity index (χ0) is 27.0. The lowest BCUT2D eigenvalue weighted by Crippen LogP contribution is -2.41. The van der Waals surface area contributed by atoms with Crippen molar-refractivity contribution in [2.24, 2.45) is 0 Å². The molecule has 1 fully saturated rings. The molecule has 1 aliphatic heterocycles. The number of nitrogens with zero attached hydrogens (tertiary/aromatic N) is 2. The number of likely N-dealkylation sites (tertiary alicyclic amines) is 1. The molecule has 39 heavy (non-hydrogen) atoms. The van der Waals surface area contributed by atoms with Crippen LogP contribution in [0.15, 0.2) is 84.9 Å². The minimum absolute atomic E-state index is 0.0469. The number of para-hydroxylation sites is 2. The molecule has 0 saturated carbocycles. The predicted molar refractivity (Wildman–Crippen MR) is 153 cm³/mol.